The quantitative estimate of drug-likeness (QED) is 0.218. The monoisotopic (exact) mass is 395 g/mol. The van der Waals surface area contributed by atoms with Crippen LogP contribution in [0.5, 0.6) is 0 Å². The zero-order valence-corrected chi connectivity index (χ0v) is 16.5. The van der Waals surface area contributed by atoms with E-state index in [1.165, 1.54) is 63.9 Å². The Kier molecular flexibility index (Phi) is 15.3. The number of carbonyl (C=O) groups excluding carboxylic acids is 1. The number of ether oxygens (including phenoxy) is 1. The third kappa shape index (κ3) is 15.7. The largest absolute Gasteiger partial charge is 0.490 e. The lowest BCUT2D eigenvalue weighted by atomic mass is 10.0. The van der Waals surface area contributed by atoms with E-state index in [-0.39, 0.29) is 0 Å². The van der Waals surface area contributed by atoms with Crippen LogP contribution < -0.4 is 5.73 Å². The van der Waals surface area contributed by atoms with E-state index in [9.17, 15) is 23.1 Å². The molecule has 0 heterocycles. The summed E-state index contributed by atoms with van der Waals surface area (Å²) in [6, 6.07) is -1.08. The molecule has 0 radical (unpaired) electrons. The standard InChI is InChI=1S/C20H36F3NO3/c1-2-3-4-5-6-7-8-9-10-11-12-13-14-15-18(25)17(24)16-27-19(26)20(21,22)23/h14-15,17-18,25H,2-13,16,24H2,1H3. The second-order valence-electron chi connectivity index (χ2n) is 7.00. The van der Waals surface area contributed by atoms with Crippen LogP contribution in [-0.4, -0.2) is 36.0 Å². The molecule has 0 aliphatic carbocycles. The number of allylic oxidation sites excluding steroid dienone is 1. The number of unbranched alkanes of at least 4 members (excludes halogenated alkanes) is 11. The molecule has 0 saturated heterocycles. The third-order valence-electron chi connectivity index (χ3n) is 4.38. The average molecular weight is 396 g/mol. The maximum absolute atomic E-state index is 12.0. The predicted molar refractivity (Wildman–Crippen MR) is 101 cm³/mol. The number of nitrogens with two attached hydrogens (primary N) is 1. The number of esters is 1. The number of halogens is 3. The first-order valence-corrected chi connectivity index (χ1v) is 10.1. The van der Waals surface area contributed by atoms with Crippen molar-refractivity contribution < 1.29 is 27.8 Å². The van der Waals surface area contributed by atoms with Crippen LogP contribution in [0.15, 0.2) is 12.2 Å². The number of alkyl halides is 3. The summed E-state index contributed by atoms with van der Waals surface area (Å²) in [4.78, 5) is 10.6. The van der Waals surface area contributed by atoms with Crippen molar-refractivity contribution in [1.82, 2.24) is 0 Å². The molecular weight excluding hydrogens is 359 g/mol. The molecule has 0 aliphatic rings. The van der Waals surface area contributed by atoms with Gasteiger partial charge < -0.3 is 15.6 Å². The summed E-state index contributed by atoms with van der Waals surface area (Å²) in [5, 5.41) is 9.73. The molecule has 0 amide bonds. The molecule has 4 nitrogen and oxygen atoms in total. The topological polar surface area (TPSA) is 72.6 Å². The molecule has 2 unspecified atom stereocenters. The van der Waals surface area contributed by atoms with Crippen molar-refractivity contribution >= 4 is 5.97 Å². The maximum Gasteiger partial charge on any atom is 0.490 e. The molecule has 0 aromatic carbocycles. The Balaban J connectivity index is 3.57. The fourth-order valence-electron chi connectivity index (χ4n) is 2.66. The van der Waals surface area contributed by atoms with Crippen LogP contribution in [0.4, 0.5) is 13.2 Å². The summed E-state index contributed by atoms with van der Waals surface area (Å²) in [6.45, 7) is 1.54. The molecule has 0 aromatic rings. The summed E-state index contributed by atoms with van der Waals surface area (Å²) >= 11 is 0. The molecule has 2 atom stereocenters. The molecule has 0 aliphatic heterocycles. The number of rotatable bonds is 16. The van der Waals surface area contributed by atoms with Crippen LogP contribution >= 0.6 is 0 Å². The highest BCUT2D eigenvalue weighted by Gasteiger charge is 2.41. The van der Waals surface area contributed by atoms with Crippen LogP contribution in [0.3, 0.4) is 0 Å². The van der Waals surface area contributed by atoms with Gasteiger partial charge in [-0.1, -0.05) is 83.3 Å². The van der Waals surface area contributed by atoms with Crippen molar-refractivity contribution in [1.29, 1.82) is 0 Å². The maximum atomic E-state index is 12.0. The van der Waals surface area contributed by atoms with Crippen LogP contribution in [0.1, 0.15) is 84.0 Å². The molecule has 0 aromatic heterocycles. The van der Waals surface area contributed by atoms with Gasteiger partial charge in [-0.2, -0.15) is 13.2 Å². The summed E-state index contributed by atoms with van der Waals surface area (Å²) in [5.41, 5.74) is 5.51. The minimum absolute atomic E-state index is 0.678. The molecule has 27 heavy (non-hydrogen) atoms. The molecule has 0 saturated carbocycles. The van der Waals surface area contributed by atoms with Crippen LogP contribution in [0.25, 0.3) is 0 Å². The summed E-state index contributed by atoms with van der Waals surface area (Å²) in [6.07, 6.45) is 11.6. The summed E-state index contributed by atoms with van der Waals surface area (Å²) in [5.74, 6) is -2.30. The fourth-order valence-corrected chi connectivity index (χ4v) is 2.66. The van der Waals surface area contributed by atoms with Crippen LogP contribution in [0, 0.1) is 0 Å². The number of aliphatic hydroxyl groups excluding tert-OH is 1. The molecule has 160 valence electrons. The Morgan fingerprint density at radius 2 is 1.48 bits per heavy atom. The van der Waals surface area contributed by atoms with E-state index in [0.717, 1.165) is 19.3 Å². The van der Waals surface area contributed by atoms with Crippen molar-refractivity contribution in [2.45, 2.75) is 102 Å². The number of aliphatic hydroxyl groups is 1. The van der Waals surface area contributed by atoms with Gasteiger partial charge >= 0.3 is 12.1 Å². The molecule has 0 rings (SSSR count). The van der Waals surface area contributed by atoms with Gasteiger partial charge in [0.2, 0.25) is 0 Å². The van der Waals surface area contributed by atoms with E-state index in [2.05, 4.69) is 11.7 Å². The van der Waals surface area contributed by atoms with Gasteiger partial charge in [0, 0.05) is 0 Å². The van der Waals surface area contributed by atoms with Gasteiger partial charge in [0.1, 0.15) is 6.61 Å². The van der Waals surface area contributed by atoms with Crippen molar-refractivity contribution in [2.75, 3.05) is 6.61 Å². The first kappa shape index (κ1) is 25.9. The zero-order valence-electron chi connectivity index (χ0n) is 16.5. The first-order valence-electron chi connectivity index (χ1n) is 10.1. The number of carbonyl (C=O) groups is 1. The Bertz CT molecular complexity index is 400. The van der Waals surface area contributed by atoms with Crippen LogP contribution in [-0.2, 0) is 9.53 Å². The lowest BCUT2D eigenvalue weighted by Crippen LogP contribution is -2.40. The fraction of sp³-hybridized carbons (Fsp3) is 0.850. The smallest absolute Gasteiger partial charge is 0.457 e. The summed E-state index contributed by atoms with van der Waals surface area (Å²) in [7, 11) is 0. The minimum Gasteiger partial charge on any atom is -0.457 e. The predicted octanol–water partition coefficient (Wildman–Crippen LogP) is 5.04. The SMILES string of the molecule is CCCCCCCCCCCCCC=CC(O)C(N)COC(=O)C(F)(F)F. The van der Waals surface area contributed by atoms with E-state index >= 15 is 0 Å². The number of hydrogen-bond donors (Lipinski definition) is 2. The van der Waals surface area contributed by atoms with Crippen molar-refractivity contribution in [3.63, 3.8) is 0 Å². The van der Waals surface area contributed by atoms with E-state index in [0.29, 0.717) is 0 Å². The highest BCUT2D eigenvalue weighted by atomic mass is 19.4. The Hall–Kier alpha value is -1.08. The zero-order chi connectivity index (χ0) is 20.5. The third-order valence-corrected chi connectivity index (χ3v) is 4.38. The average Bonchev–Trinajstić information content (AvgIpc) is 2.62. The molecule has 3 N–H and O–H groups in total. The van der Waals surface area contributed by atoms with Crippen molar-refractivity contribution in [3.8, 4) is 0 Å². The van der Waals surface area contributed by atoms with Crippen molar-refractivity contribution in [2.24, 2.45) is 5.73 Å². The van der Waals surface area contributed by atoms with Gasteiger partial charge in [0.15, 0.2) is 0 Å². The van der Waals surface area contributed by atoms with E-state index in [1.54, 1.807) is 6.08 Å². The molecule has 0 fully saturated rings. The van der Waals surface area contributed by atoms with Gasteiger partial charge in [-0.15, -0.1) is 0 Å². The van der Waals surface area contributed by atoms with Gasteiger partial charge in [-0.3, -0.25) is 0 Å². The lowest BCUT2D eigenvalue weighted by Gasteiger charge is -2.16. The summed E-state index contributed by atoms with van der Waals surface area (Å²) < 4.78 is 40.0. The Morgan fingerprint density at radius 3 is 1.96 bits per heavy atom. The Morgan fingerprint density at radius 1 is 1.00 bits per heavy atom. The van der Waals surface area contributed by atoms with Gasteiger partial charge in [0.25, 0.3) is 0 Å². The second-order valence-corrected chi connectivity index (χ2v) is 7.00. The normalized spacial score (nSPS) is 14.4. The lowest BCUT2D eigenvalue weighted by molar-refractivity contribution is -0.200. The minimum atomic E-state index is -5.05. The van der Waals surface area contributed by atoms with Gasteiger partial charge in [-0.25, -0.2) is 4.79 Å². The van der Waals surface area contributed by atoms with E-state index in [1.807, 2.05) is 0 Å². The first-order chi connectivity index (χ1) is 12.8. The highest BCUT2D eigenvalue weighted by molar-refractivity contribution is 5.75. The Labute approximate surface area is 161 Å². The van der Waals surface area contributed by atoms with Gasteiger partial charge in [0.05, 0.1) is 12.1 Å². The molecule has 7 heteroatoms. The van der Waals surface area contributed by atoms with Crippen molar-refractivity contribution in [3.05, 3.63) is 12.2 Å². The van der Waals surface area contributed by atoms with Crippen LogP contribution in [0.2, 0.25) is 0 Å². The highest BCUT2D eigenvalue weighted by Crippen LogP contribution is 2.16. The second kappa shape index (κ2) is 15.9. The van der Waals surface area contributed by atoms with Gasteiger partial charge in [-0.05, 0) is 12.8 Å². The van der Waals surface area contributed by atoms with E-state index in [4.69, 9.17) is 5.73 Å². The molecule has 0 spiro atoms. The van der Waals surface area contributed by atoms with E-state index < -0.39 is 30.9 Å². The number of hydrogen-bond acceptors (Lipinski definition) is 4. The molecular formula is C20H36F3NO3. The molecule has 0 bridgehead atoms.